The molecule has 1 aromatic heterocycles. The fourth-order valence-electron chi connectivity index (χ4n) is 3.86. The van der Waals surface area contributed by atoms with Crippen LogP contribution in [0, 0.1) is 6.92 Å². The van der Waals surface area contributed by atoms with Crippen LogP contribution in [0.3, 0.4) is 0 Å². The monoisotopic (exact) mass is 446 g/mol. The number of benzene rings is 2. The quantitative estimate of drug-likeness (QED) is 0.426. The van der Waals surface area contributed by atoms with E-state index in [1.165, 1.54) is 42.5 Å². The molecule has 1 saturated heterocycles. The molecule has 4 rings (SSSR count). The van der Waals surface area contributed by atoms with Gasteiger partial charge in [0.15, 0.2) is 0 Å². The van der Waals surface area contributed by atoms with Crippen LogP contribution in [0.15, 0.2) is 71.3 Å². The predicted molar refractivity (Wildman–Crippen MR) is 118 cm³/mol. The van der Waals surface area contributed by atoms with Gasteiger partial charge in [0.25, 0.3) is 11.8 Å². The first-order chi connectivity index (χ1) is 15.9. The SMILES string of the molecule is COC(=O)c1ccc(N2C(=O)CC(N(Cc3ccco3)C(=O)c3ccccc3C)C2=O)cc1. The van der Waals surface area contributed by atoms with Gasteiger partial charge in [-0.25, -0.2) is 9.69 Å². The molecule has 0 spiro atoms. The van der Waals surface area contributed by atoms with E-state index >= 15 is 0 Å². The van der Waals surface area contributed by atoms with Gasteiger partial charge in [-0.05, 0) is 55.0 Å². The second kappa shape index (κ2) is 9.12. The van der Waals surface area contributed by atoms with Crippen molar-refractivity contribution in [3.05, 3.63) is 89.4 Å². The maximum Gasteiger partial charge on any atom is 0.337 e. The Hall–Kier alpha value is -4.20. The average molecular weight is 446 g/mol. The summed E-state index contributed by atoms with van der Waals surface area (Å²) in [5.41, 5.74) is 1.83. The van der Waals surface area contributed by atoms with E-state index in [2.05, 4.69) is 4.74 Å². The van der Waals surface area contributed by atoms with Gasteiger partial charge >= 0.3 is 5.97 Å². The summed E-state index contributed by atoms with van der Waals surface area (Å²) >= 11 is 0. The van der Waals surface area contributed by atoms with Crippen LogP contribution in [0.5, 0.6) is 0 Å². The average Bonchev–Trinajstić information content (AvgIpc) is 3.44. The number of rotatable bonds is 6. The highest BCUT2D eigenvalue weighted by Gasteiger charge is 2.45. The van der Waals surface area contributed by atoms with E-state index < -0.39 is 23.8 Å². The van der Waals surface area contributed by atoms with Gasteiger partial charge in [-0.3, -0.25) is 14.4 Å². The van der Waals surface area contributed by atoms with Crippen LogP contribution in [-0.4, -0.2) is 41.7 Å². The number of amides is 3. The number of methoxy groups -OCH3 is 1. The molecule has 1 atom stereocenters. The van der Waals surface area contributed by atoms with Gasteiger partial charge in [0, 0.05) is 5.56 Å². The van der Waals surface area contributed by atoms with Crippen LogP contribution in [0.1, 0.15) is 38.5 Å². The molecule has 3 amide bonds. The molecule has 8 nitrogen and oxygen atoms in total. The summed E-state index contributed by atoms with van der Waals surface area (Å²) in [5, 5.41) is 0. The van der Waals surface area contributed by atoms with Gasteiger partial charge in [0.2, 0.25) is 5.91 Å². The van der Waals surface area contributed by atoms with E-state index in [1.54, 1.807) is 24.3 Å². The summed E-state index contributed by atoms with van der Waals surface area (Å²) in [6, 6.07) is 15.5. The van der Waals surface area contributed by atoms with E-state index in [1.807, 2.05) is 19.1 Å². The number of imide groups is 1. The van der Waals surface area contributed by atoms with Crippen molar-refractivity contribution in [1.82, 2.24) is 4.90 Å². The minimum absolute atomic E-state index is 0.0406. The van der Waals surface area contributed by atoms with Gasteiger partial charge in [0.1, 0.15) is 11.8 Å². The number of esters is 1. The Morgan fingerprint density at radius 1 is 1.06 bits per heavy atom. The Morgan fingerprint density at radius 2 is 1.79 bits per heavy atom. The predicted octanol–water partition coefficient (Wildman–Crippen LogP) is 3.35. The highest BCUT2D eigenvalue weighted by atomic mass is 16.5. The molecule has 1 aliphatic rings. The first-order valence-corrected chi connectivity index (χ1v) is 10.3. The zero-order valence-corrected chi connectivity index (χ0v) is 18.2. The molecule has 0 radical (unpaired) electrons. The van der Waals surface area contributed by atoms with Crippen molar-refractivity contribution in [1.29, 1.82) is 0 Å². The molecular weight excluding hydrogens is 424 g/mol. The minimum atomic E-state index is -0.991. The molecule has 33 heavy (non-hydrogen) atoms. The van der Waals surface area contributed by atoms with Crippen molar-refractivity contribution in [2.75, 3.05) is 12.0 Å². The van der Waals surface area contributed by atoms with Crippen molar-refractivity contribution in [3.8, 4) is 0 Å². The van der Waals surface area contributed by atoms with Crippen LogP contribution in [-0.2, 0) is 20.9 Å². The van der Waals surface area contributed by atoms with Gasteiger partial charge in [-0.1, -0.05) is 18.2 Å². The first kappa shape index (κ1) is 22.0. The Labute approximate surface area is 190 Å². The van der Waals surface area contributed by atoms with Crippen molar-refractivity contribution < 1.29 is 28.3 Å². The number of carbonyl (C=O) groups is 4. The molecular formula is C25H22N2O6. The number of carbonyl (C=O) groups excluding carboxylic acids is 4. The largest absolute Gasteiger partial charge is 0.467 e. The van der Waals surface area contributed by atoms with E-state index in [9.17, 15) is 19.2 Å². The lowest BCUT2D eigenvalue weighted by atomic mass is 10.1. The highest BCUT2D eigenvalue weighted by Crippen LogP contribution is 2.28. The third-order valence-corrected chi connectivity index (χ3v) is 5.59. The first-order valence-electron chi connectivity index (χ1n) is 10.3. The number of ether oxygens (including phenoxy) is 1. The summed E-state index contributed by atoms with van der Waals surface area (Å²) < 4.78 is 10.1. The van der Waals surface area contributed by atoms with E-state index in [-0.39, 0.29) is 18.9 Å². The third kappa shape index (κ3) is 4.27. The topological polar surface area (TPSA) is 97.1 Å². The molecule has 3 aromatic rings. The summed E-state index contributed by atoms with van der Waals surface area (Å²) in [6.45, 7) is 1.86. The molecule has 0 bridgehead atoms. The Bertz CT molecular complexity index is 1200. The molecule has 0 aliphatic carbocycles. The fraction of sp³-hybridized carbons (Fsp3) is 0.200. The summed E-state index contributed by atoms with van der Waals surface area (Å²) in [6.07, 6.45) is 1.33. The smallest absolute Gasteiger partial charge is 0.337 e. The molecule has 2 aromatic carbocycles. The lowest BCUT2D eigenvalue weighted by Crippen LogP contribution is -2.45. The van der Waals surface area contributed by atoms with E-state index in [0.29, 0.717) is 22.6 Å². The van der Waals surface area contributed by atoms with Crippen molar-refractivity contribution in [2.45, 2.75) is 25.9 Å². The van der Waals surface area contributed by atoms with Gasteiger partial charge in [-0.15, -0.1) is 0 Å². The molecule has 1 fully saturated rings. The second-order valence-electron chi connectivity index (χ2n) is 7.65. The zero-order chi connectivity index (χ0) is 23.5. The summed E-state index contributed by atoms with van der Waals surface area (Å²) in [7, 11) is 1.27. The van der Waals surface area contributed by atoms with Gasteiger partial charge in [0.05, 0.1) is 37.6 Å². The number of furan rings is 1. The molecule has 0 N–H and O–H groups in total. The maximum absolute atomic E-state index is 13.5. The van der Waals surface area contributed by atoms with E-state index in [4.69, 9.17) is 4.42 Å². The molecule has 2 heterocycles. The normalized spacial score (nSPS) is 15.6. The van der Waals surface area contributed by atoms with Crippen LogP contribution >= 0.6 is 0 Å². The fourth-order valence-corrected chi connectivity index (χ4v) is 3.86. The number of hydrogen-bond donors (Lipinski definition) is 0. The summed E-state index contributed by atoms with van der Waals surface area (Å²) in [4.78, 5) is 53.8. The van der Waals surface area contributed by atoms with Gasteiger partial charge < -0.3 is 14.1 Å². The lowest BCUT2D eigenvalue weighted by Gasteiger charge is -2.27. The van der Waals surface area contributed by atoms with Crippen molar-refractivity contribution >= 4 is 29.4 Å². The van der Waals surface area contributed by atoms with Crippen LogP contribution < -0.4 is 4.90 Å². The van der Waals surface area contributed by atoms with Crippen molar-refractivity contribution in [2.24, 2.45) is 0 Å². The number of nitrogens with zero attached hydrogens (tertiary/aromatic N) is 2. The maximum atomic E-state index is 13.5. The standard InChI is InChI=1S/C25H22N2O6/c1-16-6-3-4-8-20(16)23(29)26(15-19-7-5-13-33-19)21-14-22(28)27(24(21)30)18-11-9-17(10-12-18)25(31)32-2/h3-13,21H,14-15H2,1-2H3. The van der Waals surface area contributed by atoms with Crippen LogP contribution in [0.25, 0.3) is 0 Å². The number of aryl methyl sites for hydroxylation is 1. The van der Waals surface area contributed by atoms with Crippen molar-refractivity contribution in [3.63, 3.8) is 0 Å². The Kier molecular flexibility index (Phi) is 6.08. The van der Waals surface area contributed by atoms with E-state index in [0.717, 1.165) is 10.5 Å². The molecule has 1 unspecified atom stereocenters. The molecule has 8 heteroatoms. The van der Waals surface area contributed by atoms with Gasteiger partial charge in [-0.2, -0.15) is 0 Å². The Balaban J connectivity index is 1.65. The number of anilines is 1. The minimum Gasteiger partial charge on any atom is -0.467 e. The van der Waals surface area contributed by atoms with Crippen LogP contribution in [0.4, 0.5) is 5.69 Å². The highest BCUT2D eigenvalue weighted by molar-refractivity contribution is 6.23. The van der Waals surface area contributed by atoms with Crippen LogP contribution in [0.2, 0.25) is 0 Å². The second-order valence-corrected chi connectivity index (χ2v) is 7.65. The third-order valence-electron chi connectivity index (χ3n) is 5.59. The molecule has 1 aliphatic heterocycles. The molecule has 0 saturated carbocycles. The molecule has 168 valence electrons. The number of hydrogen-bond acceptors (Lipinski definition) is 6. The summed E-state index contributed by atoms with van der Waals surface area (Å²) in [5.74, 6) is -1.33. The zero-order valence-electron chi connectivity index (χ0n) is 18.2. The Morgan fingerprint density at radius 3 is 2.42 bits per heavy atom. The lowest BCUT2D eigenvalue weighted by molar-refractivity contribution is -0.122.